The number of aryl methyl sites for hydroxylation is 1. The number of amides is 1. The van der Waals surface area contributed by atoms with Gasteiger partial charge >= 0.3 is 5.69 Å². The zero-order chi connectivity index (χ0) is 16.2. The predicted molar refractivity (Wildman–Crippen MR) is 88.4 cm³/mol. The van der Waals surface area contributed by atoms with Crippen molar-refractivity contribution in [3.8, 4) is 5.75 Å². The lowest BCUT2D eigenvalue weighted by molar-refractivity contribution is -0.127. The molecule has 0 saturated carbocycles. The minimum absolute atomic E-state index is 0.129. The first-order chi connectivity index (χ1) is 11.1. The number of fused-ring (bicyclic) bond motifs is 1. The van der Waals surface area contributed by atoms with E-state index in [0.29, 0.717) is 25.9 Å². The fraction of sp³-hybridized carbons (Fsp3) is 0.312. The van der Waals surface area contributed by atoms with Crippen LogP contribution in [0.5, 0.6) is 5.75 Å². The monoisotopic (exact) mass is 377 g/mol. The maximum atomic E-state index is 12.1. The number of rotatable bonds is 5. The highest BCUT2D eigenvalue weighted by molar-refractivity contribution is 9.10. The average molecular weight is 378 g/mol. The summed E-state index contributed by atoms with van der Waals surface area (Å²) in [6.45, 7) is 1.01. The quantitative estimate of drug-likeness (QED) is 0.801. The van der Waals surface area contributed by atoms with E-state index in [1.807, 2.05) is 18.2 Å². The van der Waals surface area contributed by atoms with E-state index in [2.05, 4.69) is 26.2 Å². The number of carbonyl (C=O) groups is 1. The first-order valence-electron chi connectivity index (χ1n) is 7.38. The van der Waals surface area contributed by atoms with Crippen LogP contribution in [0, 0.1) is 0 Å². The van der Waals surface area contributed by atoms with E-state index in [4.69, 9.17) is 4.74 Å². The van der Waals surface area contributed by atoms with Crippen molar-refractivity contribution in [1.82, 2.24) is 14.9 Å². The first-order valence-corrected chi connectivity index (χ1v) is 8.17. The van der Waals surface area contributed by atoms with Crippen LogP contribution in [0.4, 0.5) is 0 Å². The van der Waals surface area contributed by atoms with Crippen LogP contribution in [-0.2, 0) is 17.8 Å². The Morgan fingerprint density at radius 1 is 1.48 bits per heavy atom. The molecule has 1 aliphatic rings. The Morgan fingerprint density at radius 3 is 3.17 bits per heavy atom. The summed E-state index contributed by atoms with van der Waals surface area (Å²) in [6.07, 6.45) is 3.89. The van der Waals surface area contributed by atoms with Gasteiger partial charge in [0, 0.05) is 36.4 Å². The van der Waals surface area contributed by atoms with Crippen molar-refractivity contribution >= 4 is 21.8 Å². The Bertz CT molecular complexity index is 775. The molecule has 1 unspecified atom stereocenters. The molecule has 0 spiro atoms. The molecule has 0 fully saturated rings. The van der Waals surface area contributed by atoms with Crippen molar-refractivity contribution in [1.29, 1.82) is 0 Å². The molecular weight excluding hydrogens is 362 g/mol. The fourth-order valence-electron chi connectivity index (χ4n) is 2.50. The van der Waals surface area contributed by atoms with E-state index in [1.54, 1.807) is 12.3 Å². The van der Waals surface area contributed by atoms with Gasteiger partial charge in [-0.3, -0.25) is 9.36 Å². The standard InChI is InChI=1S/C16H16BrN3O3/c17-12-3-4-13-11(9-12)10-14(23-13)15(21)18-5-1-7-20-8-2-6-19-16(20)22/h2-4,6,8-9,14H,1,5,7,10H2,(H,18,21). The summed E-state index contributed by atoms with van der Waals surface area (Å²) in [7, 11) is 0. The second-order valence-electron chi connectivity index (χ2n) is 5.30. The molecule has 2 heterocycles. The van der Waals surface area contributed by atoms with E-state index in [0.717, 1.165) is 15.8 Å². The smallest absolute Gasteiger partial charge is 0.347 e. The SMILES string of the molecule is O=C(NCCCn1cccnc1=O)C1Cc2cc(Br)ccc2O1. The molecule has 0 aliphatic carbocycles. The molecular formula is C16H16BrN3O3. The Labute approximate surface area is 141 Å². The molecule has 1 aromatic heterocycles. The van der Waals surface area contributed by atoms with Crippen molar-refractivity contribution in [2.24, 2.45) is 0 Å². The number of carbonyl (C=O) groups excluding carboxylic acids is 1. The highest BCUT2D eigenvalue weighted by Crippen LogP contribution is 2.31. The van der Waals surface area contributed by atoms with E-state index in [9.17, 15) is 9.59 Å². The minimum Gasteiger partial charge on any atom is -0.480 e. The molecule has 7 heteroatoms. The number of hydrogen-bond donors (Lipinski definition) is 1. The third kappa shape index (κ3) is 3.79. The summed E-state index contributed by atoms with van der Waals surface area (Å²) in [5.41, 5.74) is 0.750. The van der Waals surface area contributed by atoms with Gasteiger partial charge in [-0.2, -0.15) is 0 Å². The Morgan fingerprint density at radius 2 is 2.35 bits per heavy atom. The van der Waals surface area contributed by atoms with Crippen molar-refractivity contribution in [2.75, 3.05) is 6.54 Å². The fourth-order valence-corrected chi connectivity index (χ4v) is 2.90. The third-order valence-electron chi connectivity index (χ3n) is 3.65. The molecule has 120 valence electrons. The second kappa shape index (κ2) is 6.95. The van der Waals surface area contributed by atoms with Gasteiger partial charge in [0.2, 0.25) is 0 Å². The van der Waals surface area contributed by atoms with Gasteiger partial charge in [0.05, 0.1) is 0 Å². The summed E-state index contributed by atoms with van der Waals surface area (Å²) < 4.78 is 8.15. The van der Waals surface area contributed by atoms with Crippen LogP contribution >= 0.6 is 15.9 Å². The van der Waals surface area contributed by atoms with Crippen LogP contribution in [0.15, 0.2) is 45.9 Å². The summed E-state index contributed by atoms with van der Waals surface area (Å²) >= 11 is 3.41. The van der Waals surface area contributed by atoms with E-state index >= 15 is 0 Å². The largest absolute Gasteiger partial charge is 0.480 e. The minimum atomic E-state index is -0.486. The zero-order valence-electron chi connectivity index (χ0n) is 12.4. The van der Waals surface area contributed by atoms with Gasteiger partial charge in [-0.25, -0.2) is 9.78 Å². The number of benzene rings is 1. The molecule has 0 radical (unpaired) electrons. The third-order valence-corrected chi connectivity index (χ3v) is 4.14. The molecule has 1 N–H and O–H groups in total. The zero-order valence-corrected chi connectivity index (χ0v) is 14.0. The van der Waals surface area contributed by atoms with Crippen LogP contribution in [0.3, 0.4) is 0 Å². The summed E-state index contributed by atoms with van der Waals surface area (Å²) in [5, 5.41) is 2.85. The predicted octanol–water partition coefficient (Wildman–Crippen LogP) is 1.52. The molecule has 23 heavy (non-hydrogen) atoms. The summed E-state index contributed by atoms with van der Waals surface area (Å²) in [5.74, 6) is 0.631. The molecule has 0 bridgehead atoms. The Hall–Kier alpha value is -2.15. The molecule has 1 aromatic carbocycles. The average Bonchev–Trinajstić information content (AvgIpc) is 2.96. The summed E-state index contributed by atoms with van der Waals surface area (Å²) in [4.78, 5) is 27.3. The first kappa shape index (κ1) is 15.7. The van der Waals surface area contributed by atoms with E-state index in [1.165, 1.54) is 10.8 Å². The molecule has 3 rings (SSSR count). The number of ether oxygens (including phenoxy) is 1. The Balaban J connectivity index is 1.46. The molecule has 6 nitrogen and oxygen atoms in total. The lowest BCUT2D eigenvalue weighted by atomic mass is 10.1. The van der Waals surface area contributed by atoms with Gasteiger partial charge in [-0.15, -0.1) is 0 Å². The lowest BCUT2D eigenvalue weighted by Crippen LogP contribution is -2.38. The van der Waals surface area contributed by atoms with Crippen molar-refractivity contribution < 1.29 is 9.53 Å². The number of nitrogens with zero attached hydrogens (tertiary/aromatic N) is 2. The maximum Gasteiger partial charge on any atom is 0.347 e. The second-order valence-corrected chi connectivity index (χ2v) is 6.22. The van der Waals surface area contributed by atoms with Crippen LogP contribution < -0.4 is 15.7 Å². The molecule has 1 atom stereocenters. The van der Waals surface area contributed by atoms with Crippen molar-refractivity contribution in [3.05, 3.63) is 57.2 Å². The number of aromatic nitrogens is 2. The van der Waals surface area contributed by atoms with E-state index in [-0.39, 0.29) is 11.6 Å². The number of nitrogens with one attached hydrogen (secondary N) is 1. The molecule has 1 aliphatic heterocycles. The van der Waals surface area contributed by atoms with Gasteiger partial charge in [0.15, 0.2) is 6.10 Å². The Kier molecular flexibility index (Phi) is 4.76. The van der Waals surface area contributed by atoms with E-state index < -0.39 is 6.10 Å². The number of hydrogen-bond acceptors (Lipinski definition) is 4. The highest BCUT2D eigenvalue weighted by Gasteiger charge is 2.28. The van der Waals surface area contributed by atoms with Gasteiger partial charge in [-0.05, 0) is 36.2 Å². The normalized spacial score (nSPS) is 15.8. The highest BCUT2D eigenvalue weighted by atomic mass is 79.9. The lowest BCUT2D eigenvalue weighted by Gasteiger charge is -2.11. The maximum absolute atomic E-state index is 12.1. The number of halogens is 1. The molecule has 0 saturated heterocycles. The van der Waals surface area contributed by atoms with Gasteiger partial charge in [0.1, 0.15) is 5.75 Å². The molecule has 2 aromatic rings. The van der Waals surface area contributed by atoms with Crippen molar-refractivity contribution in [2.45, 2.75) is 25.5 Å². The van der Waals surface area contributed by atoms with Gasteiger partial charge in [-0.1, -0.05) is 15.9 Å². The van der Waals surface area contributed by atoms with Crippen LogP contribution in [0.2, 0.25) is 0 Å². The molecule has 1 amide bonds. The van der Waals surface area contributed by atoms with Crippen LogP contribution in [0.25, 0.3) is 0 Å². The van der Waals surface area contributed by atoms with Crippen LogP contribution in [0.1, 0.15) is 12.0 Å². The van der Waals surface area contributed by atoms with Gasteiger partial charge < -0.3 is 10.1 Å². The summed E-state index contributed by atoms with van der Waals surface area (Å²) in [6, 6.07) is 7.44. The van der Waals surface area contributed by atoms with Crippen molar-refractivity contribution in [3.63, 3.8) is 0 Å². The topological polar surface area (TPSA) is 73.2 Å². The van der Waals surface area contributed by atoms with Gasteiger partial charge in [0.25, 0.3) is 5.91 Å². The van der Waals surface area contributed by atoms with Crippen LogP contribution in [-0.4, -0.2) is 28.1 Å².